The highest BCUT2D eigenvalue weighted by atomic mass is 16.6. The van der Waals surface area contributed by atoms with E-state index in [0.29, 0.717) is 12.5 Å². The van der Waals surface area contributed by atoms with Crippen molar-refractivity contribution in [3.63, 3.8) is 0 Å². The van der Waals surface area contributed by atoms with E-state index in [9.17, 15) is 4.79 Å². The summed E-state index contributed by atoms with van der Waals surface area (Å²) in [4.78, 5) is 11.5. The Morgan fingerprint density at radius 3 is 2.29 bits per heavy atom. The molecule has 0 saturated carbocycles. The molecule has 0 aliphatic carbocycles. The van der Waals surface area contributed by atoms with E-state index in [2.05, 4.69) is 43.4 Å². The number of nitrogens with one attached hydrogen (secondary N) is 1. The second-order valence-electron chi connectivity index (χ2n) is 6.74. The normalized spacial score (nSPS) is 13.1. The lowest BCUT2D eigenvalue weighted by Gasteiger charge is -2.21. The van der Waals surface area contributed by atoms with Crippen molar-refractivity contribution in [3.8, 4) is 0 Å². The van der Waals surface area contributed by atoms with Gasteiger partial charge in [-0.2, -0.15) is 0 Å². The van der Waals surface area contributed by atoms with Gasteiger partial charge in [-0.05, 0) is 44.2 Å². The summed E-state index contributed by atoms with van der Waals surface area (Å²) in [5, 5.41) is 2.70. The third kappa shape index (κ3) is 7.14. The average Bonchev–Trinajstić information content (AvgIpc) is 2.35. The highest BCUT2D eigenvalue weighted by Crippen LogP contribution is 2.15. The predicted octanol–water partition coefficient (Wildman–Crippen LogP) is 3.20. The first-order valence-electron chi connectivity index (χ1n) is 7.48. The van der Waals surface area contributed by atoms with Crippen molar-refractivity contribution in [3.05, 3.63) is 35.4 Å². The Morgan fingerprint density at radius 1 is 1.24 bits per heavy atom. The Bertz CT molecular complexity index is 447. The summed E-state index contributed by atoms with van der Waals surface area (Å²) >= 11 is 0. The van der Waals surface area contributed by atoms with Crippen molar-refractivity contribution < 1.29 is 9.53 Å². The van der Waals surface area contributed by atoms with Gasteiger partial charge >= 0.3 is 6.09 Å². The first kappa shape index (κ1) is 17.5. The summed E-state index contributed by atoms with van der Waals surface area (Å²) in [6, 6.07) is 8.34. The van der Waals surface area contributed by atoms with E-state index in [4.69, 9.17) is 10.5 Å². The molecule has 0 saturated heterocycles. The predicted molar refractivity (Wildman–Crippen MR) is 86.4 cm³/mol. The lowest BCUT2D eigenvalue weighted by atomic mass is 9.99. The van der Waals surface area contributed by atoms with E-state index >= 15 is 0 Å². The Labute approximate surface area is 128 Å². The molecule has 0 bridgehead atoms. The van der Waals surface area contributed by atoms with Crippen LogP contribution >= 0.6 is 0 Å². The number of rotatable bonds is 5. The van der Waals surface area contributed by atoms with Crippen molar-refractivity contribution in [2.75, 3.05) is 6.54 Å². The van der Waals surface area contributed by atoms with Crippen molar-refractivity contribution in [2.24, 2.45) is 5.73 Å². The molecule has 0 fully saturated rings. The first-order chi connectivity index (χ1) is 9.67. The number of carbonyl (C=O) groups excluding carboxylic acids is 1. The van der Waals surface area contributed by atoms with Crippen molar-refractivity contribution in [1.29, 1.82) is 0 Å². The Balaban J connectivity index is 2.40. The molecule has 0 heterocycles. The van der Waals surface area contributed by atoms with Crippen molar-refractivity contribution in [2.45, 2.75) is 58.6 Å². The number of hydrogen-bond donors (Lipinski definition) is 2. The zero-order valence-electron chi connectivity index (χ0n) is 13.8. The van der Waals surface area contributed by atoms with Crippen LogP contribution in [0.2, 0.25) is 0 Å². The average molecular weight is 292 g/mol. The van der Waals surface area contributed by atoms with Gasteiger partial charge in [-0.25, -0.2) is 4.79 Å². The number of benzene rings is 1. The van der Waals surface area contributed by atoms with E-state index < -0.39 is 11.7 Å². The second-order valence-corrected chi connectivity index (χ2v) is 6.74. The number of alkyl carbamates (subject to hydrolysis) is 1. The third-order valence-electron chi connectivity index (χ3n) is 3.05. The molecular formula is C17H28N2O2. The minimum atomic E-state index is -0.485. The highest BCUT2D eigenvalue weighted by Gasteiger charge is 2.16. The highest BCUT2D eigenvalue weighted by molar-refractivity contribution is 5.67. The van der Waals surface area contributed by atoms with Crippen LogP contribution in [0.15, 0.2) is 24.3 Å². The molecule has 0 aromatic heterocycles. The molecule has 1 aromatic rings. The zero-order valence-corrected chi connectivity index (χ0v) is 13.8. The summed E-state index contributed by atoms with van der Waals surface area (Å²) in [6.07, 6.45) is 0.307. The van der Waals surface area contributed by atoms with Crippen LogP contribution in [0.4, 0.5) is 4.79 Å². The molecule has 1 atom stereocenters. The molecule has 1 unspecified atom stereocenters. The molecule has 1 rings (SSSR count). The molecule has 4 nitrogen and oxygen atoms in total. The van der Waals surface area contributed by atoms with Gasteiger partial charge in [0.25, 0.3) is 0 Å². The van der Waals surface area contributed by atoms with Crippen LogP contribution in [0.3, 0.4) is 0 Å². The summed E-state index contributed by atoms with van der Waals surface area (Å²) in [5.74, 6) is 0.529. The van der Waals surface area contributed by atoms with Crippen molar-refractivity contribution in [1.82, 2.24) is 5.32 Å². The van der Waals surface area contributed by atoms with Crippen LogP contribution in [-0.2, 0) is 11.2 Å². The van der Waals surface area contributed by atoms with Crippen LogP contribution in [0.25, 0.3) is 0 Å². The quantitative estimate of drug-likeness (QED) is 0.876. The van der Waals surface area contributed by atoms with Crippen LogP contribution in [0, 0.1) is 0 Å². The van der Waals surface area contributed by atoms with Gasteiger partial charge in [0.2, 0.25) is 0 Å². The Hall–Kier alpha value is -1.55. The largest absolute Gasteiger partial charge is 0.444 e. The fraction of sp³-hybridized carbons (Fsp3) is 0.588. The number of hydrogen-bond acceptors (Lipinski definition) is 3. The first-order valence-corrected chi connectivity index (χ1v) is 7.48. The monoisotopic (exact) mass is 292 g/mol. The summed E-state index contributed by atoms with van der Waals surface area (Å²) < 4.78 is 5.17. The molecule has 0 radical (unpaired) electrons. The fourth-order valence-electron chi connectivity index (χ4n) is 1.94. The fourth-order valence-corrected chi connectivity index (χ4v) is 1.94. The van der Waals surface area contributed by atoms with Crippen LogP contribution in [0.1, 0.15) is 51.7 Å². The van der Waals surface area contributed by atoms with E-state index in [1.165, 1.54) is 11.1 Å². The molecule has 1 amide bonds. The maximum absolute atomic E-state index is 11.5. The van der Waals surface area contributed by atoms with Gasteiger partial charge < -0.3 is 15.8 Å². The van der Waals surface area contributed by atoms with Gasteiger partial charge in [0.05, 0.1) is 0 Å². The van der Waals surface area contributed by atoms with Gasteiger partial charge in [0.15, 0.2) is 0 Å². The van der Waals surface area contributed by atoms with Gasteiger partial charge in [-0.15, -0.1) is 0 Å². The Kier molecular flexibility index (Phi) is 6.21. The standard InChI is InChI=1S/C17H28N2O2/c1-12(2)14-8-6-13(7-9-14)10-15(18)11-19-16(20)21-17(3,4)5/h6-9,12,15H,10-11,18H2,1-5H3,(H,19,20). The van der Waals surface area contributed by atoms with Crippen LogP contribution in [-0.4, -0.2) is 24.3 Å². The minimum absolute atomic E-state index is 0.123. The summed E-state index contributed by atoms with van der Waals surface area (Å²) in [5.41, 5.74) is 8.06. The molecule has 0 aliphatic heterocycles. The number of ether oxygens (including phenoxy) is 1. The number of carbonyl (C=O) groups is 1. The van der Waals surface area contributed by atoms with Gasteiger partial charge in [-0.1, -0.05) is 38.1 Å². The topological polar surface area (TPSA) is 64.3 Å². The molecule has 0 aliphatic rings. The molecular weight excluding hydrogens is 264 g/mol. The lowest BCUT2D eigenvalue weighted by Crippen LogP contribution is -2.41. The number of nitrogens with two attached hydrogens (primary N) is 1. The van der Waals surface area contributed by atoms with E-state index in [1.54, 1.807) is 0 Å². The SMILES string of the molecule is CC(C)c1ccc(CC(N)CNC(=O)OC(C)(C)C)cc1. The number of amides is 1. The smallest absolute Gasteiger partial charge is 0.407 e. The minimum Gasteiger partial charge on any atom is -0.444 e. The summed E-state index contributed by atoms with van der Waals surface area (Å²) in [7, 11) is 0. The maximum Gasteiger partial charge on any atom is 0.407 e. The van der Waals surface area contributed by atoms with E-state index in [1.807, 2.05) is 20.8 Å². The zero-order chi connectivity index (χ0) is 16.0. The van der Waals surface area contributed by atoms with Crippen LogP contribution in [0.5, 0.6) is 0 Å². The maximum atomic E-state index is 11.5. The molecule has 4 heteroatoms. The molecule has 21 heavy (non-hydrogen) atoms. The molecule has 118 valence electrons. The molecule has 1 aromatic carbocycles. The van der Waals surface area contributed by atoms with Crippen LogP contribution < -0.4 is 11.1 Å². The Morgan fingerprint density at radius 2 is 1.81 bits per heavy atom. The molecule has 3 N–H and O–H groups in total. The second kappa shape index (κ2) is 7.46. The van der Waals surface area contributed by atoms with Gasteiger partial charge in [0, 0.05) is 12.6 Å². The van der Waals surface area contributed by atoms with E-state index in [0.717, 1.165) is 6.42 Å². The van der Waals surface area contributed by atoms with E-state index in [-0.39, 0.29) is 6.04 Å². The molecule has 0 spiro atoms. The lowest BCUT2D eigenvalue weighted by molar-refractivity contribution is 0.0524. The third-order valence-corrected chi connectivity index (χ3v) is 3.05. The summed E-state index contributed by atoms with van der Waals surface area (Å²) in [6.45, 7) is 10.3. The van der Waals surface area contributed by atoms with Gasteiger partial charge in [-0.3, -0.25) is 0 Å². The van der Waals surface area contributed by atoms with Gasteiger partial charge in [0.1, 0.15) is 5.60 Å². The van der Waals surface area contributed by atoms with Crippen molar-refractivity contribution >= 4 is 6.09 Å².